The molecule has 4 nitrogen and oxygen atoms in total. The van der Waals surface area contributed by atoms with Gasteiger partial charge in [-0.15, -0.1) is 0 Å². The highest BCUT2D eigenvalue weighted by atomic mass is 16.3. The maximum absolute atomic E-state index is 13.2. The van der Waals surface area contributed by atoms with Crippen molar-refractivity contribution >= 4 is 42.1 Å². The molecule has 0 bridgehead atoms. The molecule has 2 heterocycles. The third kappa shape index (κ3) is 3.31. The molecule has 5 heteroatoms. The van der Waals surface area contributed by atoms with Gasteiger partial charge >= 0.3 is 0 Å². The van der Waals surface area contributed by atoms with Crippen molar-refractivity contribution in [2.75, 3.05) is 0 Å². The Morgan fingerprint density at radius 1 is 0.800 bits per heavy atom. The summed E-state index contributed by atoms with van der Waals surface area (Å²) in [6.07, 6.45) is 1.67. The number of aromatic nitrogens is 1. The number of furan rings is 1. The van der Waals surface area contributed by atoms with Crippen LogP contribution >= 0.6 is 0 Å². The van der Waals surface area contributed by atoms with Crippen LogP contribution in [0.4, 0.5) is 0 Å². The summed E-state index contributed by atoms with van der Waals surface area (Å²) >= 11 is 0. The molecular weight excluding hydrogens is 433 g/mol. The fourth-order valence-corrected chi connectivity index (χ4v) is 4.89. The summed E-state index contributed by atoms with van der Waals surface area (Å²) in [6.45, 7) is 4.10. The molecule has 3 aromatic carbocycles. The molecule has 0 aliphatic heterocycles. The number of fused-ring (bicyclic) bond motifs is 2. The second kappa shape index (κ2) is 7.85. The molecule has 0 amide bonds. The average Bonchev–Trinajstić information content (AvgIpc) is 3.47. The summed E-state index contributed by atoms with van der Waals surface area (Å²) in [5.74, 6) is 0.152. The largest absolute Gasteiger partial charge is 0.454 e. The van der Waals surface area contributed by atoms with Gasteiger partial charge in [-0.05, 0) is 31.1 Å². The van der Waals surface area contributed by atoms with E-state index in [9.17, 15) is 9.59 Å². The normalized spacial score (nSPS) is 14.3. The lowest BCUT2D eigenvalue weighted by molar-refractivity contribution is 0.0990. The molecule has 0 atom stereocenters. The Kier molecular flexibility index (Phi) is 4.75. The summed E-state index contributed by atoms with van der Waals surface area (Å²) in [7, 11) is 5.87. The zero-order valence-corrected chi connectivity index (χ0v) is 19.3. The first-order chi connectivity index (χ1) is 16.9. The van der Waals surface area contributed by atoms with Crippen LogP contribution in [-0.4, -0.2) is 24.0 Å². The highest BCUT2D eigenvalue weighted by molar-refractivity contribution is 6.43. The van der Waals surface area contributed by atoms with Crippen LogP contribution in [0.3, 0.4) is 0 Å². The number of carbonyl (C=O) groups is 2. The first kappa shape index (κ1) is 21.2. The van der Waals surface area contributed by atoms with Crippen molar-refractivity contribution in [3.05, 3.63) is 112 Å². The number of para-hydroxylation sites is 1. The van der Waals surface area contributed by atoms with Gasteiger partial charge in [0.05, 0.1) is 22.5 Å². The predicted octanol–water partition coefficient (Wildman–Crippen LogP) is 5.76. The van der Waals surface area contributed by atoms with Crippen molar-refractivity contribution in [3.63, 3.8) is 0 Å². The van der Waals surface area contributed by atoms with Crippen molar-refractivity contribution in [1.29, 1.82) is 0 Å². The van der Waals surface area contributed by atoms with E-state index in [1.165, 1.54) is 0 Å². The number of ketones is 2. The van der Waals surface area contributed by atoms with E-state index in [0.29, 0.717) is 27.9 Å². The van der Waals surface area contributed by atoms with E-state index in [1.54, 1.807) is 24.3 Å². The van der Waals surface area contributed by atoms with Crippen LogP contribution in [0.5, 0.6) is 0 Å². The number of Topliss-reactive ketones (excluding diaryl/α,β-unsaturated/α-hetero) is 2. The van der Waals surface area contributed by atoms with E-state index in [0.717, 1.165) is 33.7 Å². The lowest BCUT2D eigenvalue weighted by atomic mass is 9.92. The number of nitrogens with zero attached hydrogens (tertiary/aromatic N) is 1. The monoisotopic (exact) mass is 453 g/mol. The number of benzene rings is 3. The second-order valence-electron chi connectivity index (χ2n) is 8.89. The average molecular weight is 453 g/mol. The summed E-state index contributed by atoms with van der Waals surface area (Å²) in [5.41, 5.74) is 7.68. The van der Waals surface area contributed by atoms with E-state index < -0.39 is 0 Å². The van der Waals surface area contributed by atoms with Gasteiger partial charge in [-0.1, -0.05) is 72.2 Å². The van der Waals surface area contributed by atoms with Gasteiger partial charge in [-0.2, -0.15) is 0 Å². The minimum Gasteiger partial charge on any atom is -0.454 e. The quantitative estimate of drug-likeness (QED) is 0.198. The Morgan fingerprint density at radius 2 is 1.51 bits per heavy atom. The smallest absolute Gasteiger partial charge is 0.197 e. The number of rotatable bonds is 3. The first-order valence-corrected chi connectivity index (χ1v) is 11.4. The predicted molar refractivity (Wildman–Crippen MR) is 139 cm³/mol. The zero-order valence-electron chi connectivity index (χ0n) is 19.3. The van der Waals surface area contributed by atoms with Gasteiger partial charge in [0.25, 0.3) is 0 Å². The Hall–Kier alpha value is -4.38. The molecule has 1 aliphatic rings. The third-order valence-electron chi connectivity index (χ3n) is 6.55. The second-order valence-corrected chi connectivity index (χ2v) is 8.89. The molecule has 35 heavy (non-hydrogen) atoms. The maximum Gasteiger partial charge on any atom is 0.197 e. The maximum atomic E-state index is 13.2. The molecule has 0 N–H and O–H groups in total. The Labute approximate surface area is 203 Å². The van der Waals surface area contributed by atoms with Crippen molar-refractivity contribution in [1.82, 2.24) is 4.57 Å². The molecule has 0 saturated heterocycles. The highest BCUT2D eigenvalue weighted by Crippen LogP contribution is 2.36. The number of hydrogen-bond acceptors (Lipinski definition) is 3. The molecule has 6 rings (SSSR count). The van der Waals surface area contributed by atoms with Gasteiger partial charge in [0.2, 0.25) is 0 Å². The van der Waals surface area contributed by atoms with E-state index in [-0.39, 0.29) is 17.1 Å². The van der Waals surface area contributed by atoms with Gasteiger partial charge < -0.3 is 8.98 Å². The Balaban J connectivity index is 1.59. The van der Waals surface area contributed by atoms with Crippen LogP contribution in [0, 0.1) is 13.8 Å². The van der Waals surface area contributed by atoms with Gasteiger partial charge in [-0.3, -0.25) is 9.59 Å². The van der Waals surface area contributed by atoms with E-state index in [1.807, 2.05) is 74.5 Å². The van der Waals surface area contributed by atoms with Crippen molar-refractivity contribution in [2.45, 2.75) is 13.8 Å². The van der Waals surface area contributed by atoms with Crippen LogP contribution in [-0.2, 0) is 0 Å². The zero-order chi connectivity index (χ0) is 24.3. The molecule has 0 fully saturated rings. The number of allylic oxidation sites excluding steroid dienone is 1. The molecule has 2 radical (unpaired) electrons. The molecule has 0 unspecified atom stereocenters. The van der Waals surface area contributed by atoms with E-state index in [2.05, 4.69) is 4.57 Å². The SMILES string of the molecule is [B]c1ccc2c(c1)C(=O)/C(=C\c1cc3oc(-c4ccccc4)cc3n1-c1c(C)cccc1C)C2=O. The van der Waals surface area contributed by atoms with E-state index in [4.69, 9.17) is 12.3 Å². The fourth-order valence-electron chi connectivity index (χ4n) is 4.89. The molecular formula is C30H20BNO3. The third-order valence-corrected chi connectivity index (χ3v) is 6.55. The molecule has 0 saturated carbocycles. The minimum absolute atomic E-state index is 0.126. The molecule has 5 aromatic rings. The summed E-state index contributed by atoms with van der Waals surface area (Å²) in [6, 6.07) is 24.8. The van der Waals surface area contributed by atoms with Crippen molar-refractivity contribution in [3.8, 4) is 17.0 Å². The van der Waals surface area contributed by atoms with Crippen LogP contribution in [0.2, 0.25) is 0 Å². The number of hydrogen-bond donors (Lipinski definition) is 0. The topological polar surface area (TPSA) is 52.2 Å². The summed E-state index contributed by atoms with van der Waals surface area (Å²) in [4.78, 5) is 26.3. The molecule has 0 spiro atoms. The lowest BCUT2D eigenvalue weighted by Crippen LogP contribution is -2.06. The van der Waals surface area contributed by atoms with Gasteiger partial charge in [-0.25, -0.2) is 0 Å². The Bertz CT molecular complexity index is 1680. The standard InChI is InChI=1S/C30H20BNO3/c1-17-7-6-8-18(2)28(17)32-21(14-24-29(33)22-12-11-20(31)13-23(22)30(24)34)15-27-25(32)16-26(35-27)19-9-4-3-5-10-19/h3-16H,1-2H3/b24-14-. The first-order valence-electron chi connectivity index (χ1n) is 11.4. The summed E-state index contributed by atoms with van der Waals surface area (Å²) < 4.78 is 8.31. The van der Waals surface area contributed by atoms with Crippen LogP contribution < -0.4 is 5.46 Å². The fraction of sp³-hybridized carbons (Fsp3) is 0.0667. The Morgan fingerprint density at radius 3 is 2.26 bits per heavy atom. The van der Waals surface area contributed by atoms with Crippen LogP contribution in [0.25, 0.3) is 34.2 Å². The molecule has 166 valence electrons. The van der Waals surface area contributed by atoms with Gasteiger partial charge in [0.1, 0.15) is 13.6 Å². The lowest BCUT2D eigenvalue weighted by Gasteiger charge is -2.14. The highest BCUT2D eigenvalue weighted by Gasteiger charge is 2.33. The van der Waals surface area contributed by atoms with Crippen LogP contribution in [0.1, 0.15) is 37.5 Å². The summed E-state index contributed by atoms with van der Waals surface area (Å²) in [5, 5.41) is 0. The molecule has 1 aliphatic carbocycles. The number of aryl methyl sites for hydroxylation is 2. The number of carbonyl (C=O) groups excluding carboxylic acids is 2. The van der Waals surface area contributed by atoms with Crippen molar-refractivity contribution in [2.24, 2.45) is 0 Å². The van der Waals surface area contributed by atoms with Crippen molar-refractivity contribution < 1.29 is 14.0 Å². The molecule has 2 aromatic heterocycles. The van der Waals surface area contributed by atoms with Gasteiger partial charge in [0, 0.05) is 28.8 Å². The van der Waals surface area contributed by atoms with Gasteiger partial charge in [0.15, 0.2) is 17.1 Å². The minimum atomic E-state index is -0.312. The van der Waals surface area contributed by atoms with Crippen LogP contribution in [0.15, 0.2) is 88.9 Å². The van der Waals surface area contributed by atoms with E-state index >= 15 is 0 Å².